The van der Waals surface area contributed by atoms with Crippen LogP contribution in [0.4, 0.5) is 5.69 Å². The number of H-pyrrole nitrogens is 1. The summed E-state index contributed by atoms with van der Waals surface area (Å²) in [4.78, 5) is 17.7. The van der Waals surface area contributed by atoms with E-state index in [0.29, 0.717) is 23.9 Å². The second-order valence-corrected chi connectivity index (χ2v) is 5.74. The number of aromatic nitrogens is 1. The third-order valence-electron chi connectivity index (χ3n) is 4.08. The first-order valence-corrected chi connectivity index (χ1v) is 7.34. The summed E-state index contributed by atoms with van der Waals surface area (Å²) in [5.74, 6) is 0.498. The molecule has 5 nitrogen and oxygen atoms in total. The van der Waals surface area contributed by atoms with Crippen molar-refractivity contribution in [1.29, 1.82) is 0 Å². The van der Waals surface area contributed by atoms with E-state index in [-0.39, 0.29) is 5.91 Å². The van der Waals surface area contributed by atoms with Crippen molar-refractivity contribution < 1.29 is 9.53 Å². The van der Waals surface area contributed by atoms with Crippen molar-refractivity contribution in [1.82, 2.24) is 9.88 Å². The molecule has 3 rings (SSSR count). The van der Waals surface area contributed by atoms with Crippen molar-refractivity contribution in [3.8, 4) is 0 Å². The van der Waals surface area contributed by atoms with Crippen molar-refractivity contribution in [3.05, 3.63) is 30.0 Å². The second-order valence-electron chi connectivity index (χ2n) is 5.74. The van der Waals surface area contributed by atoms with E-state index in [1.807, 2.05) is 29.2 Å². The number of hydrogen-bond donors (Lipinski definition) is 2. The summed E-state index contributed by atoms with van der Waals surface area (Å²) in [7, 11) is 1.71. The van der Waals surface area contributed by atoms with Gasteiger partial charge in [-0.2, -0.15) is 0 Å². The van der Waals surface area contributed by atoms with Gasteiger partial charge in [-0.3, -0.25) is 4.79 Å². The zero-order chi connectivity index (χ0) is 14.8. The Morgan fingerprint density at radius 1 is 1.48 bits per heavy atom. The van der Waals surface area contributed by atoms with E-state index in [4.69, 9.17) is 10.5 Å². The van der Waals surface area contributed by atoms with Crippen molar-refractivity contribution >= 4 is 22.5 Å². The molecule has 112 valence electrons. The van der Waals surface area contributed by atoms with Crippen LogP contribution in [0.2, 0.25) is 0 Å². The minimum absolute atomic E-state index is 0.0607. The molecule has 1 aliphatic rings. The third-order valence-corrected chi connectivity index (χ3v) is 4.08. The van der Waals surface area contributed by atoms with Gasteiger partial charge in [-0.1, -0.05) is 0 Å². The summed E-state index contributed by atoms with van der Waals surface area (Å²) in [5, 5.41) is 0.976. The quantitative estimate of drug-likeness (QED) is 0.851. The maximum atomic E-state index is 12.6. The van der Waals surface area contributed by atoms with E-state index < -0.39 is 0 Å². The number of nitrogen functional groups attached to an aromatic ring is 1. The highest BCUT2D eigenvalue weighted by Crippen LogP contribution is 2.22. The molecule has 2 aromatic rings. The Hall–Kier alpha value is -2.01. The monoisotopic (exact) mass is 287 g/mol. The summed E-state index contributed by atoms with van der Waals surface area (Å²) >= 11 is 0. The van der Waals surface area contributed by atoms with Gasteiger partial charge < -0.3 is 20.4 Å². The first-order valence-electron chi connectivity index (χ1n) is 7.34. The number of carbonyl (C=O) groups is 1. The van der Waals surface area contributed by atoms with Gasteiger partial charge in [0.2, 0.25) is 0 Å². The highest BCUT2D eigenvalue weighted by Gasteiger charge is 2.25. The van der Waals surface area contributed by atoms with Crippen LogP contribution in [0.5, 0.6) is 0 Å². The summed E-state index contributed by atoms with van der Waals surface area (Å²) in [5.41, 5.74) is 8.06. The van der Waals surface area contributed by atoms with Crippen molar-refractivity contribution in [2.24, 2.45) is 5.92 Å². The Bertz CT molecular complexity index is 648. The molecule has 0 saturated carbocycles. The molecular weight excluding hydrogens is 266 g/mol. The lowest BCUT2D eigenvalue weighted by Gasteiger charge is -2.32. The SMILES string of the molecule is COCC1CCCN(C(=O)c2cc3cc(N)ccc3[nH]2)C1. The smallest absolute Gasteiger partial charge is 0.270 e. The van der Waals surface area contributed by atoms with Crippen LogP contribution in [0, 0.1) is 5.92 Å². The van der Waals surface area contributed by atoms with Crippen LogP contribution in [-0.2, 0) is 4.74 Å². The molecule has 0 spiro atoms. The Kier molecular flexibility index (Phi) is 3.84. The molecule has 1 unspecified atom stereocenters. The number of likely N-dealkylation sites (tertiary alicyclic amines) is 1. The lowest BCUT2D eigenvalue weighted by molar-refractivity contribution is 0.0566. The molecule has 0 radical (unpaired) electrons. The van der Waals surface area contributed by atoms with Gasteiger partial charge in [-0.25, -0.2) is 0 Å². The van der Waals surface area contributed by atoms with Gasteiger partial charge >= 0.3 is 0 Å². The Morgan fingerprint density at radius 2 is 2.33 bits per heavy atom. The first-order chi connectivity index (χ1) is 10.2. The average Bonchev–Trinajstić information content (AvgIpc) is 2.90. The minimum atomic E-state index is 0.0607. The Morgan fingerprint density at radius 3 is 3.14 bits per heavy atom. The largest absolute Gasteiger partial charge is 0.399 e. The number of rotatable bonds is 3. The standard InChI is InChI=1S/C16H21N3O2/c1-21-10-11-3-2-6-19(9-11)16(20)15-8-12-7-13(17)4-5-14(12)18-15/h4-5,7-8,11,18H,2-3,6,9-10,17H2,1H3. The van der Waals surface area contributed by atoms with Crippen LogP contribution in [0.3, 0.4) is 0 Å². The minimum Gasteiger partial charge on any atom is -0.399 e. The molecule has 5 heteroatoms. The lowest BCUT2D eigenvalue weighted by Crippen LogP contribution is -2.41. The van der Waals surface area contributed by atoms with E-state index in [0.717, 1.165) is 36.8 Å². The molecule has 0 bridgehead atoms. The fourth-order valence-electron chi connectivity index (χ4n) is 3.06. The molecule has 0 aliphatic carbocycles. The van der Waals surface area contributed by atoms with E-state index in [2.05, 4.69) is 4.98 Å². The molecule has 1 aliphatic heterocycles. The Labute approximate surface area is 124 Å². The maximum absolute atomic E-state index is 12.6. The number of fused-ring (bicyclic) bond motifs is 1. The Balaban J connectivity index is 1.79. The van der Waals surface area contributed by atoms with Crippen LogP contribution in [0.1, 0.15) is 23.3 Å². The molecule has 1 aromatic carbocycles. The molecule has 1 fully saturated rings. The normalized spacial score (nSPS) is 19.1. The summed E-state index contributed by atoms with van der Waals surface area (Å²) in [6, 6.07) is 7.51. The van der Waals surface area contributed by atoms with Gasteiger partial charge in [0.25, 0.3) is 5.91 Å². The van der Waals surface area contributed by atoms with Crippen LogP contribution in [-0.4, -0.2) is 42.6 Å². The van der Waals surface area contributed by atoms with Gasteiger partial charge in [0.1, 0.15) is 5.69 Å². The van der Waals surface area contributed by atoms with Gasteiger partial charge in [-0.05, 0) is 43.0 Å². The fourth-order valence-corrected chi connectivity index (χ4v) is 3.06. The summed E-state index contributed by atoms with van der Waals surface area (Å²) < 4.78 is 5.22. The molecular formula is C16H21N3O2. The van der Waals surface area contributed by atoms with E-state index >= 15 is 0 Å². The highest BCUT2D eigenvalue weighted by molar-refractivity contribution is 5.98. The molecule has 3 N–H and O–H groups in total. The van der Waals surface area contributed by atoms with Crippen LogP contribution < -0.4 is 5.73 Å². The molecule has 1 amide bonds. The van der Waals surface area contributed by atoms with E-state index in [1.54, 1.807) is 7.11 Å². The van der Waals surface area contributed by atoms with Gasteiger partial charge in [0, 0.05) is 36.8 Å². The highest BCUT2D eigenvalue weighted by atomic mass is 16.5. The number of nitrogens with one attached hydrogen (secondary N) is 1. The van der Waals surface area contributed by atoms with Crippen molar-refractivity contribution in [3.63, 3.8) is 0 Å². The summed E-state index contributed by atoms with van der Waals surface area (Å²) in [6.45, 7) is 2.30. The number of piperidine rings is 1. The zero-order valence-corrected chi connectivity index (χ0v) is 12.3. The average molecular weight is 287 g/mol. The molecule has 1 aromatic heterocycles. The number of hydrogen-bond acceptors (Lipinski definition) is 3. The lowest BCUT2D eigenvalue weighted by atomic mass is 9.99. The van der Waals surface area contributed by atoms with E-state index in [1.165, 1.54) is 0 Å². The number of amides is 1. The number of nitrogens with zero attached hydrogens (tertiary/aromatic N) is 1. The molecule has 1 atom stereocenters. The molecule has 1 saturated heterocycles. The number of ether oxygens (including phenoxy) is 1. The van der Waals surface area contributed by atoms with Crippen LogP contribution >= 0.6 is 0 Å². The van der Waals surface area contributed by atoms with Crippen molar-refractivity contribution in [2.75, 3.05) is 32.5 Å². The molecule has 2 heterocycles. The first kappa shape index (κ1) is 13.9. The zero-order valence-electron chi connectivity index (χ0n) is 12.3. The fraction of sp³-hybridized carbons (Fsp3) is 0.438. The predicted octanol–water partition coefficient (Wildman–Crippen LogP) is 2.25. The van der Waals surface area contributed by atoms with Gasteiger partial charge in [0.05, 0.1) is 6.61 Å². The third kappa shape index (κ3) is 2.88. The summed E-state index contributed by atoms with van der Waals surface area (Å²) in [6.07, 6.45) is 2.16. The van der Waals surface area contributed by atoms with Gasteiger partial charge in [-0.15, -0.1) is 0 Å². The number of methoxy groups -OCH3 is 1. The van der Waals surface area contributed by atoms with E-state index in [9.17, 15) is 4.79 Å². The second kappa shape index (κ2) is 5.77. The van der Waals surface area contributed by atoms with Crippen LogP contribution in [0.15, 0.2) is 24.3 Å². The number of anilines is 1. The number of nitrogens with two attached hydrogens (primary N) is 1. The van der Waals surface area contributed by atoms with Crippen molar-refractivity contribution in [2.45, 2.75) is 12.8 Å². The predicted molar refractivity (Wildman–Crippen MR) is 83.2 cm³/mol. The topological polar surface area (TPSA) is 71.3 Å². The molecule has 21 heavy (non-hydrogen) atoms. The number of benzene rings is 1. The number of carbonyl (C=O) groups excluding carboxylic acids is 1. The van der Waals surface area contributed by atoms with Gasteiger partial charge in [0.15, 0.2) is 0 Å². The number of aromatic amines is 1. The maximum Gasteiger partial charge on any atom is 0.270 e. The van der Waals surface area contributed by atoms with Crippen LogP contribution in [0.25, 0.3) is 10.9 Å².